The summed E-state index contributed by atoms with van der Waals surface area (Å²) in [4.78, 5) is 27.4. The van der Waals surface area contributed by atoms with E-state index in [2.05, 4.69) is 0 Å². The number of esters is 1. The molecule has 2 atom stereocenters. The summed E-state index contributed by atoms with van der Waals surface area (Å²) >= 11 is 0. The fourth-order valence-electron chi connectivity index (χ4n) is 5.08. The van der Waals surface area contributed by atoms with E-state index in [0.29, 0.717) is 12.1 Å². The van der Waals surface area contributed by atoms with Gasteiger partial charge in [0, 0.05) is 37.0 Å². The van der Waals surface area contributed by atoms with Crippen LogP contribution in [0.25, 0.3) is 22.3 Å². The van der Waals surface area contributed by atoms with Crippen molar-refractivity contribution in [2.24, 2.45) is 0 Å². The smallest absolute Gasteiger partial charge is 0.308 e. The van der Waals surface area contributed by atoms with Gasteiger partial charge < -0.3 is 24.4 Å². The van der Waals surface area contributed by atoms with E-state index < -0.39 is 23.8 Å². The largest absolute Gasteiger partial charge is 0.460 e. The molecule has 0 aliphatic carbocycles. The first-order valence-corrected chi connectivity index (χ1v) is 14.1. The molecule has 1 aromatic heterocycles. The van der Waals surface area contributed by atoms with Gasteiger partial charge in [-0.3, -0.25) is 9.59 Å². The lowest BCUT2D eigenvalue weighted by Crippen LogP contribution is -2.28. The molecule has 7 nitrogen and oxygen atoms in total. The summed E-state index contributed by atoms with van der Waals surface area (Å²) in [6.45, 7) is 9.27. The predicted octanol–water partition coefficient (Wildman–Crippen LogP) is 6.02. The van der Waals surface area contributed by atoms with E-state index in [4.69, 9.17) is 4.74 Å². The normalized spacial score (nSPS) is 13.2. The highest BCUT2D eigenvalue weighted by molar-refractivity contribution is 6.05. The summed E-state index contributed by atoms with van der Waals surface area (Å²) in [5.41, 5.74) is 3.85. The number of rotatable bonds is 11. The van der Waals surface area contributed by atoms with Crippen molar-refractivity contribution in [2.45, 2.75) is 84.2 Å². The third kappa shape index (κ3) is 8.27. The molecule has 222 valence electrons. The summed E-state index contributed by atoms with van der Waals surface area (Å²) < 4.78 is 21.3. The van der Waals surface area contributed by atoms with Crippen LogP contribution in [-0.2, 0) is 16.0 Å². The predicted molar refractivity (Wildman–Crippen MR) is 159 cm³/mol. The van der Waals surface area contributed by atoms with Crippen molar-refractivity contribution in [3.8, 4) is 22.3 Å². The highest BCUT2D eigenvalue weighted by atomic mass is 19.1. The molecule has 3 rings (SSSR count). The minimum absolute atomic E-state index is 0.00252. The standard InChI is InChI=1S/C33H43FN2O5/c1-21(2)36-27(18-17-25(37)19-26(38)20-28(39)41-33(3,4)5)29(23-13-15-24(34)16-14-23)30(22-11-9-8-10-12-22)31(36)32(40)35(6)7/h8-16,21,25-26,37-38H,17-20H2,1-7H3. The maximum absolute atomic E-state index is 14.0. The molecule has 0 bridgehead atoms. The van der Waals surface area contributed by atoms with Gasteiger partial charge in [0.1, 0.15) is 17.1 Å². The Bertz CT molecular complexity index is 1320. The second-order valence-corrected chi connectivity index (χ2v) is 12.0. The van der Waals surface area contributed by atoms with Gasteiger partial charge in [0.2, 0.25) is 0 Å². The third-order valence-electron chi connectivity index (χ3n) is 6.71. The molecule has 41 heavy (non-hydrogen) atoms. The fraction of sp³-hybridized carbons (Fsp3) is 0.455. The molecule has 2 unspecified atom stereocenters. The van der Waals surface area contributed by atoms with Crippen LogP contribution in [0.5, 0.6) is 0 Å². The zero-order chi connectivity index (χ0) is 30.5. The number of hydrogen-bond acceptors (Lipinski definition) is 5. The molecule has 1 amide bonds. The molecular weight excluding hydrogens is 523 g/mol. The second kappa shape index (κ2) is 13.4. The molecule has 2 N–H and O–H groups in total. The van der Waals surface area contributed by atoms with E-state index in [1.54, 1.807) is 51.9 Å². The Balaban J connectivity index is 2.07. The number of halogens is 1. The number of carbonyl (C=O) groups is 2. The maximum Gasteiger partial charge on any atom is 0.308 e. The van der Waals surface area contributed by atoms with Gasteiger partial charge >= 0.3 is 5.97 Å². The summed E-state index contributed by atoms with van der Waals surface area (Å²) in [5.74, 6) is -1.05. The molecule has 0 aliphatic heterocycles. The van der Waals surface area contributed by atoms with Crippen molar-refractivity contribution < 1.29 is 28.9 Å². The average Bonchev–Trinajstić information content (AvgIpc) is 3.21. The number of carbonyl (C=O) groups excluding carboxylic acids is 2. The van der Waals surface area contributed by atoms with Gasteiger partial charge in [-0.25, -0.2) is 4.39 Å². The van der Waals surface area contributed by atoms with Gasteiger partial charge in [0.25, 0.3) is 5.91 Å². The van der Waals surface area contributed by atoms with Gasteiger partial charge in [-0.15, -0.1) is 0 Å². The molecule has 0 fully saturated rings. The van der Waals surface area contributed by atoms with Gasteiger partial charge in [0.15, 0.2) is 0 Å². The number of amides is 1. The molecule has 8 heteroatoms. The van der Waals surface area contributed by atoms with E-state index in [0.717, 1.165) is 27.9 Å². The van der Waals surface area contributed by atoms with Crippen LogP contribution in [0.1, 0.15) is 76.1 Å². The first kappa shape index (κ1) is 32.0. The van der Waals surface area contributed by atoms with Crippen LogP contribution in [0.3, 0.4) is 0 Å². The number of aliphatic hydroxyl groups excluding tert-OH is 2. The molecule has 3 aromatic rings. The average molecular weight is 567 g/mol. The molecule has 0 radical (unpaired) electrons. The number of aromatic nitrogens is 1. The number of aliphatic hydroxyl groups is 2. The number of nitrogens with zero attached hydrogens (tertiary/aromatic N) is 2. The highest BCUT2D eigenvalue weighted by Gasteiger charge is 2.31. The zero-order valence-electron chi connectivity index (χ0n) is 25.1. The Labute approximate surface area is 242 Å². The van der Waals surface area contributed by atoms with Crippen molar-refractivity contribution in [2.75, 3.05) is 14.1 Å². The van der Waals surface area contributed by atoms with Gasteiger partial charge in [-0.05, 0) is 77.1 Å². The first-order chi connectivity index (χ1) is 19.2. The summed E-state index contributed by atoms with van der Waals surface area (Å²) in [7, 11) is 3.42. The lowest BCUT2D eigenvalue weighted by Gasteiger charge is -2.22. The molecular formula is C33H43FN2O5. The summed E-state index contributed by atoms with van der Waals surface area (Å²) in [5, 5.41) is 21.4. The van der Waals surface area contributed by atoms with Crippen molar-refractivity contribution in [3.63, 3.8) is 0 Å². The van der Waals surface area contributed by atoms with Crippen LogP contribution < -0.4 is 0 Å². The first-order valence-electron chi connectivity index (χ1n) is 14.1. The Morgan fingerprint density at radius 2 is 1.51 bits per heavy atom. The molecule has 0 spiro atoms. The van der Waals surface area contributed by atoms with Crippen molar-refractivity contribution in [1.82, 2.24) is 9.47 Å². The monoisotopic (exact) mass is 566 g/mol. The second-order valence-electron chi connectivity index (χ2n) is 12.0. The van der Waals surface area contributed by atoms with Gasteiger partial charge in [-0.2, -0.15) is 0 Å². The highest BCUT2D eigenvalue weighted by Crippen LogP contribution is 2.43. The number of benzene rings is 2. The third-order valence-corrected chi connectivity index (χ3v) is 6.71. The Hall–Kier alpha value is -3.49. The Kier molecular flexibility index (Phi) is 10.5. The van der Waals surface area contributed by atoms with E-state index in [1.165, 1.54) is 12.1 Å². The Morgan fingerprint density at radius 1 is 0.927 bits per heavy atom. The van der Waals surface area contributed by atoms with Crippen LogP contribution in [0.4, 0.5) is 4.39 Å². The van der Waals surface area contributed by atoms with Crippen LogP contribution in [0.2, 0.25) is 0 Å². The topological polar surface area (TPSA) is 92.0 Å². The van der Waals surface area contributed by atoms with Crippen LogP contribution >= 0.6 is 0 Å². The van der Waals surface area contributed by atoms with Gasteiger partial charge in [-0.1, -0.05) is 42.5 Å². The van der Waals surface area contributed by atoms with Crippen molar-refractivity contribution in [1.29, 1.82) is 0 Å². The van der Waals surface area contributed by atoms with Crippen LogP contribution in [0.15, 0.2) is 54.6 Å². The van der Waals surface area contributed by atoms with Crippen molar-refractivity contribution in [3.05, 3.63) is 71.8 Å². The summed E-state index contributed by atoms with van der Waals surface area (Å²) in [6.07, 6.45) is -1.51. The fourth-order valence-corrected chi connectivity index (χ4v) is 5.08. The number of ether oxygens (including phenoxy) is 1. The SMILES string of the molecule is CC(C)n1c(CCC(O)CC(O)CC(=O)OC(C)(C)C)c(-c2ccc(F)cc2)c(-c2ccccc2)c1C(=O)N(C)C. The maximum atomic E-state index is 14.0. The van der Waals surface area contributed by atoms with Crippen molar-refractivity contribution >= 4 is 11.9 Å². The van der Waals surface area contributed by atoms with Gasteiger partial charge in [0.05, 0.1) is 18.6 Å². The molecule has 1 heterocycles. The number of hydrogen-bond donors (Lipinski definition) is 2. The quantitative estimate of drug-likeness (QED) is 0.277. The molecule has 2 aromatic carbocycles. The van der Waals surface area contributed by atoms with E-state index in [9.17, 15) is 24.2 Å². The van der Waals surface area contributed by atoms with Crippen LogP contribution in [0, 0.1) is 5.82 Å². The van der Waals surface area contributed by atoms with Crippen LogP contribution in [-0.4, -0.2) is 63.5 Å². The van der Waals surface area contributed by atoms with E-state index in [1.807, 2.05) is 48.7 Å². The molecule has 0 aliphatic rings. The lowest BCUT2D eigenvalue weighted by molar-refractivity contribution is -0.157. The zero-order valence-corrected chi connectivity index (χ0v) is 25.1. The lowest BCUT2D eigenvalue weighted by atomic mass is 9.92. The van der Waals surface area contributed by atoms with E-state index in [-0.39, 0.29) is 37.0 Å². The van der Waals surface area contributed by atoms with E-state index >= 15 is 0 Å². The minimum Gasteiger partial charge on any atom is -0.460 e. The summed E-state index contributed by atoms with van der Waals surface area (Å²) in [6, 6.07) is 15.7. The molecule has 0 saturated heterocycles. The Morgan fingerprint density at radius 3 is 2.05 bits per heavy atom. The minimum atomic E-state index is -1.06. The molecule has 0 saturated carbocycles.